The lowest BCUT2D eigenvalue weighted by molar-refractivity contribution is -0.122. The van der Waals surface area contributed by atoms with Gasteiger partial charge in [-0.2, -0.15) is 0 Å². The number of anilines is 1. The molecular weight excluding hydrogens is 424 g/mol. The summed E-state index contributed by atoms with van der Waals surface area (Å²) in [5.41, 5.74) is 2.68. The van der Waals surface area contributed by atoms with Crippen LogP contribution in [0.15, 0.2) is 83.8 Å². The number of carbonyl (C=O) groups excluding carboxylic acids is 1. The molecule has 2 N–H and O–H groups in total. The first-order valence-electron chi connectivity index (χ1n) is 10.7. The SMILES string of the molecule is CCCNS(=O)(=O)c1ccc(NC(=O)C(CC)Oc2ccc(-c3ccccc3)cc2)cc1. The van der Waals surface area contributed by atoms with Gasteiger partial charge >= 0.3 is 0 Å². The number of rotatable bonds is 10. The van der Waals surface area contributed by atoms with Gasteiger partial charge < -0.3 is 10.1 Å². The number of hydrogen-bond donors (Lipinski definition) is 2. The van der Waals surface area contributed by atoms with Gasteiger partial charge in [0.15, 0.2) is 6.10 Å². The highest BCUT2D eigenvalue weighted by atomic mass is 32.2. The van der Waals surface area contributed by atoms with Gasteiger partial charge in [0.1, 0.15) is 5.75 Å². The van der Waals surface area contributed by atoms with Gasteiger partial charge in [-0.25, -0.2) is 13.1 Å². The monoisotopic (exact) mass is 452 g/mol. The second kappa shape index (κ2) is 10.9. The van der Waals surface area contributed by atoms with E-state index in [-0.39, 0.29) is 10.8 Å². The van der Waals surface area contributed by atoms with Crippen LogP contribution in [-0.2, 0) is 14.8 Å². The van der Waals surface area contributed by atoms with Crippen LogP contribution in [0, 0.1) is 0 Å². The standard InChI is InChI=1S/C25H28N2O4S/c1-3-18-26-32(29,30)23-16-12-21(13-17-23)27-25(28)24(4-2)31-22-14-10-20(11-15-22)19-8-6-5-7-9-19/h5-17,24,26H,3-4,18H2,1-2H3,(H,27,28). The fourth-order valence-corrected chi connectivity index (χ4v) is 4.24. The Balaban J connectivity index is 1.62. The molecule has 3 aromatic rings. The van der Waals surface area contributed by atoms with Crippen molar-refractivity contribution in [2.75, 3.05) is 11.9 Å². The smallest absolute Gasteiger partial charge is 0.265 e. The van der Waals surface area contributed by atoms with Crippen LogP contribution < -0.4 is 14.8 Å². The molecule has 32 heavy (non-hydrogen) atoms. The Hall–Kier alpha value is -3.16. The predicted octanol–water partition coefficient (Wildman–Crippen LogP) is 4.84. The summed E-state index contributed by atoms with van der Waals surface area (Å²) in [5.74, 6) is 0.314. The third kappa shape index (κ3) is 6.18. The van der Waals surface area contributed by atoms with Crippen molar-refractivity contribution in [1.82, 2.24) is 4.72 Å². The average molecular weight is 453 g/mol. The van der Waals surface area contributed by atoms with Gasteiger partial charge in [-0.1, -0.05) is 56.3 Å². The Bertz CT molecular complexity index is 1110. The lowest BCUT2D eigenvalue weighted by Crippen LogP contribution is -2.32. The highest BCUT2D eigenvalue weighted by Crippen LogP contribution is 2.23. The molecule has 0 spiro atoms. The van der Waals surface area contributed by atoms with Crippen LogP contribution in [0.3, 0.4) is 0 Å². The lowest BCUT2D eigenvalue weighted by Gasteiger charge is -2.18. The van der Waals surface area contributed by atoms with Gasteiger partial charge in [0.25, 0.3) is 5.91 Å². The highest BCUT2D eigenvalue weighted by Gasteiger charge is 2.19. The van der Waals surface area contributed by atoms with Crippen LogP contribution in [0.25, 0.3) is 11.1 Å². The molecule has 1 atom stereocenters. The van der Waals surface area contributed by atoms with Crippen molar-refractivity contribution in [3.63, 3.8) is 0 Å². The number of hydrogen-bond acceptors (Lipinski definition) is 4. The highest BCUT2D eigenvalue weighted by molar-refractivity contribution is 7.89. The van der Waals surface area contributed by atoms with Crippen molar-refractivity contribution in [3.8, 4) is 16.9 Å². The summed E-state index contributed by atoms with van der Waals surface area (Å²) in [6.45, 7) is 4.14. The number of benzene rings is 3. The van der Waals surface area contributed by atoms with Crippen molar-refractivity contribution in [2.45, 2.75) is 37.7 Å². The molecule has 0 bridgehead atoms. The van der Waals surface area contributed by atoms with Crippen LogP contribution in [0.2, 0.25) is 0 Å². The fraction of sp³-hybridized carbons (Fsp3) is 0.240. The van der Waals surface area contributed by atoms with Crippen molar-refractivity contribution < 1.29 is 17.9 Å². The van der Waals surface area contributed by atoms with Crippen LogP contribution in [0.4, 0.5) is 5.69 Å². The maximum Gasteiger partial charge on any atom is 0.265 e. The molecule has 6 nitrogen and oxygen atoms in total. The maximum atomic E-state index is 12.7. The van der Waals surface area contributed by atoms with Crippen LogP contribution in [0.5, 0.6) is 5.75 Å². The topological polar surface area (TPSA) is 84.5 Å². The average Bonchev–Trinajstić information content (AvgIpc) is 2.82. The Morgan fingerprint density at radius 2 is 1.50 bits per heavy atom. The molecule has 1 amide bonds. The molecule has 3 rings (SSSR count). The van der Waals surface area contributed by atoms with E-state index in [0.717, 1.165) is 11.1 Å². The minimum Gasteiger partial charge on any atom is -0.481 e. The molecule has 0 heterocycles. The van der Waals surface area contributed by atoms with E-state index in [9.17, 15) is 13.2 Å². The second-order valence-electron chi connectivity index (χ2n) is 7.32. The van der Waals surface area contributed by atoms with E-state index in [1.165, 1.54) is 12.1 Å². The van der Waals surface area contributed by atoms with Gasteiger partial charge in [0.05, 0.1) is 4.90 Å². The van der Waals surface area contributed by atoms with Crippen molar-refractivity contribution in [2.24, 2.45) is 0 Å². The molecule has 0 aliphatic heterocycles. The molecule has 0 fully saturated rings. The number of sulfonamides is 1. The summed E-state index contributed by atoms with van der Waals surface area (Å²) < 4.78 is 32.8. The van der Waals surface area contributed by atoms with Crippen LogP contribution in [-0.4, -0.2) is 27.0 Å². The number of nitrogens with one attached hydrogen (secondary N) is 2. The van der Waals surface area contributed by atoms with Crippen molar-refractivity contribution in [1.29, 1.82) is 0 Å². The zero-order valence-corrected chi connectivity index (χ0v) is 19.1. The Morgan fingerprint density at radius 1 is 0.875 bits per heavy atom. The lowest BCUT2D eigenvalue weighted by atomic mass is 10.1. The molecule has 7 heteroatoms. The summed E-state index contributed by atoms with van der Waals surface area (Å²) in [5, 5.41) is 2.79. The van der Waals surface area contributed by atoms with E-state index < -0.39 is 16.1 Å². The minimum absolute atomic E-state index is 0.158. The van der Waals surface area contributed by atoms with E-state index in [1.807, 2.05) is 68.4 Å². The quantitative estimate of drug-likeness (QED) is 0.461. The van der Waals surface area contributed by atoms with E-state index >= 15 is 0 Å². The Kier molecular flexibility index (Phi) is 8.03. The third-order valence-electron chi connectivity index (χ3n) is 4.88. The minimum atomic E-state index is -3.54. The van der Waals surface area contributed by atoms with Gasteiger partial charge in [0, 0.05) is 12.2 Å². The summed E-state index contributed by atoms with van der Waals surface area (Å²) in [6, 6.07) is 23.7. The molecule has 0 aliphatic rings. The first-order valence-corrected chi connectivity index (χ1v) is 12.1. The van der Waals surface area contributed by atoms with E-state index in [4.69, 9.17) is 4.74 Å². The molecule has 0 saturated carbocycles. The molecule has 0 aliphatic carbocycles. The van der Waals surface area contributed by atoms with Gasteiger partial charge in [-0.15, -0.1) is 0 Å². The zero-order chi connectivity index (χ0) is 23.0. The Labute approximate surface area is 189 Å². The van der Waals surface area contributed by atoms with Crippen molar-refractivity contribution in [3.05, 3.63) is 78.9 Å². The largest absolute Gasteiger partial charge is 0.481 e. The predicted molar refractivity (Wildman–Crippen MR) is 127 cm³/mol. The van der Waals surface area contributed by atoms with E-state index in [1.54, 1.807) is 12.1 Å². The van der Waals surface area contributed by atoms with Crippen LogP contribution >= 0.6 is 0 Å². The summed E-state index contributed by atoms with van der Waals surface area (Å²) in [4.78, 5) is 12.9. The first kappa shape index (κ1) is 23.5. The summed E-state index contributed by atoms with van der Waals surface area (Å²) in [7, 11) is -3.54. The van der Waals surface area contributed by atoms with Gasteiger partial charge in [-0.3, -0.25) is 4.79 Å². The summed E-state index contributed by atoms with van der Waals surface area (Å²) in [6.07, 6.45) is 0.521. The van der Waals surface area contributed by atoms with E-state index in [0.29, 0.717) is 30.8 Å². The van der Waals surface area contributed by atoms with Crippen molar-refractivity contribution >= 4 is 21.6 Å². The van der Waals surface area contributed by atoms with Gasteiger partial charge in [-0.05, 0) is 60.4 Å². The number of carbonyl (C=O) groups is 1. The molecule has 0 aromatic heterocycles. The molecule has 0 radical (unpaired) electrons. The summed E-state index contributed by atoms with van der Waals surface area (Å²) >= 11 is 0. The molecule has 1 unspecified atom stereocenters. The number of amides is 1. The molecular formula is C25H28N2O4S. The second-order valence-corrected chi connectivity index (χ2v) is 9.08. The van der Waals surface area contributed by atoms with E-state index in [2.05, 4.69) is 10.0 Å². The fourth-order valence-electron chi connectivity index (χ4n) is 3.10. The van der Waals surface area contributed by atoms with Crippen LogP contribution in [0.1, 0.15) is 26.7 Å². The normalized spacial score (nSPS) is 12.2. The first-order chi connectivity index (χ1) is 15.4. The Morgan fingerprint density at radius 3 is 2.09 bits per heavy atom. The molecule has 168 valence electrons. The molecule has 0 saturated heterocycles. The zero-order valence-electron chi connectivity index (χ0n) is 18.2. The molecule has 3 aromatic carbocycles. The maximum absolute atomic E-state index is 12.7. The van der Waals surface area contributed by atoms with Gasteiger partial charge in [0.2, 0.25) is 10.0 Å². The number of ether oxygens (including phenoxy) is 1. The third-order valence-corrected chi connectivity index (χ3v) is 6.35.